The van der Waals surface area contributed by atoms with Crippen molar-refractivity contribution in [3.05, 3.63) is 60.2 Å². The summed E-state index contributed by atoms with van der Waals surface area (Å²) in [6.45, 7) is 6.24. The molecule has 2 aromatic rings. The molecule has 0 spiro atoms. The van der Waals surface area contributed by atoms with Gasteiger partial charge in [0.1, 0.15) is 18.1 Å². The van der Waals surface area contributed by atoms with Crippen molar-refractivity contribution in [3.8, 4) is 11.5 Å². The van der Waals surface area contributed by atoms with E-state index in [0.717, 1.165) is 24.6 Å². The van der Waals surface area contributed by atoms with E-state index in [-0.39, 0.29) is 5.91 Å². The predicted molar refractivity (Wildman–Crippen MR) is 114 cm³/mol. The Balaban J connectivity index is 1.38. The van der Waals surface area contributed by atoms with Gasteiger partial charge in [0.05, 0.1) is 19.7 Å². The lowest BCUT2D eigenvalue weighted by Gasteiger charge is -2.16. The van der Waals surface area contributed by atoms with E-state index in [4.69, 9.17) is 15.2 Å². The number of benzene rings is 2. The van der Waals surface area contributed by atoms with Crippen LogP contribution in [0.2, 0.25) is 0 Å². The van der Waals surface area contributed by atoms with Crippen LogP contribution in [-0.4, -0.2) is 56.7 Å². The lowest BCUT2D eigenvalue weighted by Crippen LogP contribution is -2.38. The maximum atomic E-state index is 12.3. The number of nitrogens with one attached hydrogen (secondary N) is 1. The molecule has 1 aliphatic rings. The first kappa shape index (κ1) is 21.1. The van der Waals surface area contributed by atoms with E-state index in [1.54, 1.807) is 0 Å². The molecule has 0 aromatic heterocycles. The summed E-state index contributed by atoms with van der Waals surface area (Å²) in [6.07, 6.45) is 0. The number of hydrogen-bond acceptors (Lipinski definition) is 5. The number of likely N-dealkylation sites (tertiary alicyclic amines) is 1. The summed E-state index contributed by atoms with van der Waals surface area (Å²) in [7, 11) is 0. The van der Waals surface area contributed by atoms with Gasteiger partial charge in [0.15, 0.2) is 0 Å². The molecule has 0 aliphatic carbocycles. The van der Waals surface area contributed by atoms with Gasteiger partial charge in [-0.3, -0.25) is 9.69 Å². The van der Waals surface area contributed by atoms with Crippen molar-refractivity contribution in [1.82, 2.24) is 10.2 Å². The Bertz CT molecular complexity index is 752. The second-order valence-corrected chi connectivity index (χ2v) is 7.31. The molecule has 6 heteroatoms. The molecule has 1 fully saturated rings. The van der Waals surface area contributed by atoms with Crippen LogP contribution in [0.25, 0.3) is 0 Å². The number of carbonyl (C=O) groups excluding carboxylic acids is 1. The fourth-order valence-corrected chi connectivity index (χ4v) is 3.82. The molecule has 29 heavy (non-hydrogen) atoms. The molecule has 1 aliphatic heterocycles. The summed E-state index contributed by atoms with van der Waals surface area (Å²) in [4.78, 5) is 14.5. The maximum Gasteiger partial charge on any atom is 0.234 e. The Morgan fingerprint density at radius 3 is 2.41 bits per heavy atom. The first-order valence-electron chi connectivity index (χ1n) is 10.3. The van der Waals surface area contributed by atoms with E-state index in [1.807, 2.05) is 37.3 Å². The molecule has 0 unspecified atom stereocenters. The first-order chi connectivity index (χ1) is 14.2. The zero-order chi connectivity index (χ0) is 20.5. The third-order valence-corrected chi connectivity index (χ3v) is 5.24. The largest absolute Gasteiger partial charge is 0.494 e. The van der Waals surface area contributed by atoms with E-state index in [1.165, 1.54) is 5.56 Å². The quantitative estimate of drug-likeness (QED) is 0.602. The van der Waals surface area contributed by atoms with E-state index >= 15 is 0 Å². The second kappa shape index (κ2) is 10.8. The number of ether oxygens (including phenoxy) is 2. The molecule has 156 valence electrons. The predicted octanol–water partition coefficient (Wildman–Crippen LogP) is 2.25. The van der Waals surface area contributed by atoms with Crippen molar-refractivity contribution in [2.45, 2.75) is 12.8 Å². The summed E-state index contributed by atoms with van der Waals surface area (Å²) in [6, 6.07) is 17.9. The summed E-state index contributed by atoms with van der Waals surface area (Å²) < 4.78 is 11.1. The van der Waals surface area contributed by atoms with Crippen molar-refractivity contribution in [3.63, 3.8) is 0 Å². The third kappa shape index (κ3) is 6.21. The molecule has 1 saturated heterocycles. The molecule has 0 bridgehead atoms. The van der Waals surface area contributed by atoms with Crippen molar-refractivity contribution in [1.29, 1.82) is 0 Å². The van der Waals surface area contributed by atoms with Crippen LogP contribution in [0, 0.1) is 5.92 Å². The highest BCUT2D eigenvalue weighted by molar-refractivity contribution is 5.78. The molecule has 2 aromatic carbocycles. The zero-order valence-corrected chi connectivity index (χ0v) is 17.0. The first-order valence-corrected chi connectivity index (χ1v) is 10.3. The highest BCUT2D eigenvalue weighted by Crippen LogP contribution is 2.31. The summed E-state index contributed by atoms with van der Waals surface area (Å²) in [5.41, 5.74) is 7.28. The van der Waals surface area contributed by atoms with Crippen LogP contribution in [0.1, 0.15) is 18.4 Å². The van der Waals surface area contributed by atoms with Gasteiger partial charge in [-0.15, -0.1) is 0 Å². The minimum Gasteiger partial charge on any atom is -0.494 e. The maximum absolute atomic E-state index is 12.3. The van der Waals surface area contributed by atoms with Gasteiger partial charge >= 0.3 is 0 Å². The fraction of sp³-hybridized carbons (Fsp3) is 0.435. The molecule has 6 nitrogen and oxygen atoms in total. The van der Waals surface area contributed by atoms with Crippen LogP contribution in [0.5, 0.6) is 11.5 Å². The normalized spacial score (nSPS) is 19.1. The van der Waals surface area contributed by atoms with Gasteiger partial charge in [0.2, 0.25) is 5.91 Å². The van der Waals surface area contributed by atoms with Crippen molar-refractivity contribution >= 4 is 5.91 Å². The molecular formula is C23H31N3O3. The van der Waals surface area contributed by atoms with Gasteiger partial charge < -0.3 is 20.5 Å². The Kier molecular flexibility index (Phi) is 7.90. The number of nitrogens with two attached hydrogens (primary N) is 1. The topological polar surface area (TPSA) is 76.8 Å². The fourth-order valence-electron chi connectivity index (χ4n) is 3.82. The van der Waals surface area contributed by atoms with Gasteiger partial charge in [-0.2, -0.15) is 0 Å². The number of rotatable bonds is 10. The average Bonchev–Trinajstić information content (AvgIpc) is 3.16. The number of amides is 1. The highest BCUT2D eigenvalue weighted by atomic mass is 16.5. The minimum atomic E-state index is 0.0183. The molecule has 1 amide bonds. The monoisotopic (exact) mass is 397 g/mol. The lowest BCUT2D eigenvalue weighted by molar-refractivity contribution is -0.122. The Hall–Kier alpha value is -2.57. The number of carbonyl (C=O) groups is 1. The molecule has 0 saturated carbocycles. The van der Waals surface area contributed by atoms with Crippen molar-refractivity contribution in [2.75, 3.05) is 45.9 Å². The van der Waals surface area contributed by atoms with E-state index < -0.39 is 0 Å². The summed E-state index contributed by atoms with van der Waals surface area (Å²) in [5.74, 6) is 2.37. The summed E-state index contributed by atoms with van der Waals surface area (Å²) in [5, 5.41) is 2.94. The third-order valence-electron chi connectivity index (χ3n) is 5.24. The number of nitrogens with zero attached hydrogens (tertiary/aromatic N) is 1. The molecular weight excluding hydrogens is 366 g/mol. The van der Waals surface area contributed by atoms with E-state index in [2.05, 4.69) is 34.5 Å². The summed E-state index contributed by atoms with van der Waals surface area (Å²) >= 11 is 0. The van der Waals surface area contributed by atoms with Crippen molar-refractivity contribution < 1.29 is 14.3 Å². The Labute approximate surface area is 173 Å². The van der Waals surface area contributed by atoms with E-state index in [0.29, 0.717) is 44.7 Å². The second-order valence-electron chi connectivity index (χ2n) is 7.31. The molecule has 2 atom stereocenters. The van der Waals surface area contributed by atoms with Crippen LogP contribution >= 0.6 is 0 Å². The van der Waals surface area contributed by atoms with Gasteiger partial charge in [0.25, 0.3) is 0 Å². The lowest BCUT2D eigenvalue weighted by atomic mass is 9.89. The van der Waals surface area contributed by atoms with Crippen LogP contribution in [0.4, 0.5) is 0 Å². The SMILES string of the molecule is CCOc1ccc(OCCNC(=O)CN2C[C@@H](CN)[C@H](c3ccccc3)C2)cc1. The van der Waals surface area contributed by atoms with Crippen molar-refractivity contribution in [2.24, 2.45) is 11.7 Å². The minimum absolute atomic E-state index is 0.0183. The van der Waals surface area contributed by atoms with Gasteiger partial charge in [-0.1, -0.05) is 30.3 Å². The number of hydrogen-bond donors (Lipinski definition) is 2. The van der Waals surface area contributed by atoms with Crippen LogP contribution < -0.4 is 20.5 Å². The van der Waals surface area contributed by atoms with E-state index in [9.17, 15) is 4.79 Å². The van der Waals surface area contributed by atoms with Crippen LogP contribution in [0.15, 0.2) is 54.6 Å². The molecule has 1 heterocycles. The van der Waals surface area contributed by atoms with Gasteiger partial charge in [-0.05, 0) is 49.2 Å². The molecule has 3 N–H and O–H groups in total. The Morgan fingerprint density at radius 2 is 1.76 bits per heavy atom. The Morgan fingerprint density at radius 1 is 1.07 bits per heavy atom. The molecule has 3 rings (SSSR count). The van der Waals surface area contributed by atoms with Crippen LogP contribution in [0.3, 0.4) is 0 Å². The van der Waals surface area contributed by atoms with Crippen LogP contribution in [-0.2, 0) is 4.79 Å². The molecule has 0 radical (unpaired) electrons. The van der Waals surface area contributed by atoms with Gasteiger partial charge in [-0.25, -0.2) is 0 Å². The zero-order valence-electron chi connectivity index (χ0n) is 17.0. The van der Waals surface area contributed by atoms with Gasteiger partial charge in [0, 0.05) is 19.0 Å². The average molecular weight is 398 g/mol. The standard InChI is InChI=1S/C23H31N3O3/c1-2-28-20-8-10-21(11-9-20)29-13-12-25-23(27)17-26-15-19(14-24)22(16-26)18-6-4-3-5-7-18/h3-11,19,22H,2,12-17,24H2,1H3,(H,25,27)/t19-,22+/m1/s1. The smallest absolute Gasteiger partial charge is 0.234 e. The highest BCUT2D eigenvalue weighted by Gasteiger charge is 2.33.